The molecule has 0 aliphatic heterocycles. The summed E-state index contributed by atoms with van der Waals surface area (Å²) in [6.45, 7) is 1.58. The highest BCUT2D eigenvalue weighted by molar-refractivity contribution is 9.13. The molecular formula is C9H8Br2OS. The second kappa shape index (κ2) is 5.17. The molecule has 0 amide bonds. The molecule has 0 saturated carbocycles. The van der Waals surface area contributed by atoms with E-state index in [-0.39, 0.29) is 5.12 Å². The standard InChI is InChI=1S/C9H8Br2OS/c1-6(12)13-5-7-3-2-4-8(10)9(7)11/h2-4H,5H2,1H3. The summed E-state index contributed by atoms with van der Waals surface area (Å²) < 4.78 is 2.05. The highest BCUT2D eigenvalue weighted by Crippen LogP contribution is 2.29. The Morgan fingerprint density at radius 3 is 2.77 bits per heavy atom. The number of benzene rings is 1. The zero-order valence-corrected chi connectivity index (χ0v) is 11.0. The van der Waals surface area contributed by atoms with Crippen LogP contribution < -0.4 is 0 Å². The van der Waals surface area contributed by atoms with Crippen molar-refractivity contribution in [3.63, 3.8) is 0 Å². The molecule has 1 aromatic carbocycles. The van der Waals surface area contributed by atoms with Gasteiger partial charge in [0.2, 0.25) is 0 Å². The minimum atomic E-state index is 0.145. The summed E-state index contributed by atoms with van der Waals surface area (Å²) >= 11 is 8.19. The number of thioether (sulfide) groups is 1. The second-order valence-electron chi connectivity index (χ2n) is 2.49. The van der Waals surface area contributed by atoms with E-state index < -0.39 is 0 Å². The van der Waals surface area contributed by atoms with Gasteiger partial charge in [-0.2, -0.15) is 0 Å². The second-order valence-corrected chi connectivity index (χ2v) is 5.29. The zero-order chi connectivity index (χ0) is 9.84. The van der Waals surface area contributed by atoms with Crippen molar-refractivity contribution < 1.29 is 4.79 Å². The third-order valence-corrected chi connectivity index (χ3v) is 4.45. The van der Waals surface area contributed by atoms with Crippen LogP contribution in [0.3, 0.4) is 0 Å². The molecule has 4 heteroatoms. The SMILES string of the molecule is CC(=O)SCc1cccc(Br)c1Br. The Labute approximate surface area is 98.5 Å². The molecule has 0 fully saturated rings. The quantitative estimate of drug-likeness (QED) is 0.818. The van der Waals surface area contributed by atoms with E-state index in [0.29, 0.717) is 0 Å². The molecule has 0 aromatic heterocycles. The van der Waals surface area contributed by atoms with Crippen LogP contribution in [0.25, 0.3) is 0 Å². The molecule has 0 unspecified atom stereocenters. The van der Waals surface area contributed by atoms with E-state index in [4.69, 9.17) is 0 Å². The predicted octanol–water partition coefficient (Wildman–Crippen LogP) is 3.99. The van der Waals surface area contributed by atoms with Gasteiger partial charge in [0.25, 0.3) is 0 Å². The monoisotopic (exact) mass is 322 g/mol. The van der Waals surface area contributed by atoms with Gasteiger partial charge >= 0.3 is 0 Å². The number of hydrogen-bond acceptors (Lipinski definition) is 2. The molecule has 70 valence electrons. The first-order valence-corrected chi connectivity index (χ1v) is 6.24. The molecule has 13 heavy (non-hydrogen) atoms. The number of rotatable bonds is 2. The highest BCUT2D eigenvalue weighted by atomic mass is 79.9. The molecule has 0 spiro atoms. The maximum absolute atomic E-state index is 10.7. The van der Waals surface area contributed by atoms with Crippen molar-refractivity contribution in [1.82, 2.24) is 0 Å². The third-order valence-electron chi connectivity index (χ3n) is 1.46. The van der Waals surface area contributed by atoms with Crippen molar-refractivity contribution in [3.8, 4) is 0 Å². The first-order chi connectivity index (χ1) is 6.11. The molecule has 1 aromatic rings. The van der Waals surface area contributed by atoms with Crippen molar-refractivity contribution in [2.75, 3.05) is 0 Å². The van der Waals surface area contributed by atoms with E-state index in [1.165, 1.54) is 11.8 Å². The molecule has 0 heterocycles. The molecule has 0 bridgehead atoms. The number of carbonyl (C=O) groups excluding carboxylic acids is 1. The van der Waals surface area contributed by atoms with Crippen LogP contribution in [0.5, 0.6) is 0 Å². The van der Waals surface area contributed by atoms with Crippen LogP contribution >= 0.6 is 43.6 Å². The average Bonchev–Trinajstić information content (AvgIpc) is 2.07. The van der Waals surface area contributed by atoms with Crippen molar-refractivity contribution in [1.29, 1.82) is 0 Å². The van der Waals surface area contributed by atoms with E-state index in [1.54, 1.807) is 6.92 Å². The van der Waals surface area contributed by atoms with Gasteiger partial charge in [0, 0.05) is 21.6 Å². The third kappa shape index (κ3) is 3.44. The van der Waals surface area contributed by atoms with Crippen molar-refractivity contribution >= 4 is 48.7 Å². The average molecular weight is 324 g/mol. The largest absolute Gasteiger partial charge is 0.288 e. The maximum atomic E-state index is 10.7. The Balaban J connectivity index is 2.77. The molecule has 0 saturated heterocycles. The van der Waals surface area contributed by atoms with Gasteiger partial charge in [-0.15, -0.1) is 0 Å². The normalized spacial score (nSPS) is 10.1. The van der Waals surface area contributed by atoms with Crippen LogP contribution in [0.2, 0.25) is 0 Å². The van der Waals surface area contributed by atoms with Gasteiger partial charge in [-0.05, 0) is 43.5 Å². The minimum Gasteiger partial charge on any atom is -0.288 e. The van der Waals surface area contributed by atoms with E-state index in [1.807, 2.05) is 18.2 Å². The molecule has 0 aliphatic carbocycles. The number of halogens is 2. The summed E-state index contributed by atoms with van der Waals surface area (Å²) in [6, 6.07) is 5.93. The van der Waals surface area contributed by atoms with Crippen LogP contribution in [0, 0.1) is 0 Å². The van der Waals surface area contributed by atoms with Crippen LogP contribution in [-0.4, -0.2) is 5.12 Å². The van der Waals surface area contributed by atoms with Crippen molar-refractivity contribution in [2.45, 2.75) is 12.7 Å². The van der Waals surface area contributed by atoms with E-state index in [0.717, 1.165) is 20.3 Å². The van der Waals surface area contributed by atoms with Crippen molar-refractivity contribution in [3.05, 3.63) is 32.7 Å². The molecule has 0 N–H and O–H groups in total. The molecule has 0 atom stereocenters. The number of carbonyl (C=O) groups is 1. The Kier molecular flexibility index (Phi) is 4.49. The molecule has 1 nitrogen and oxygen atoms in total. The summed E-state index contributed by atoms with van der Waals surface area (Å²) in [6.07, 6.45) is 0. The first-order valence-electron chi connectivity index (χ1n) is 3.67. The lowest BCUT2D eigenvalue weighted by Gasteiger charge is -2.03. The molecule has 1 rings (SSSR count). The van der Waals surface area contributed by atoms with Crippen LogP contribution in [-0.2, 0) is 10.5 Å². The van der Waals surface area contributed by atoms with Gasteiger partial charge in [-0.1, -0.05) is 23.9 Å². The zero-order valence-electron chi connectivity index (χ0n) is 7.01. The van der Waals surface area contributed by atoms with Crippen LogP contribution in [0.1, 0.15) is 12.5 Å². The summed E-state index contributed by atoms with van der Waals surface area (Å²) in [5.41, 5.74) is 1.13. The van der Waals surface area contributed by atoms with Gasteiger partial charge in [0.05, 0.1) is 0 Å². The fraction of sp³-hybridized carbons (Fsp3) is 0.222. The topological polar surface area (TPSA) is 17.1 Å². The maximum Gasteiger partial charge on any atom is 0.186 e. The predicted molar refractivity (Wildman–Crippen MR) is 63.8 cm³/mol. The van der Waals surface area contributed by atoms with Gasteiger partial charge in [-0.25, -0.2) is 0 Å². The van der Waals surface area contributed by atoms with Crippen LogP contribution in [0.4, 0.5) is 0 Å². The molecule has 0 aliphatic rings. The fourth-order valence-electron chi connectivity index (χ4n) is 0.839. The summed E-state index contributed by atoms with van der Waals surface area (Å²) in [4.78, 5) is 10.7. The van der Waals surface area contributed by atoms with Gasteiger partial charge < -0.3 is 0 Å². The highest BCUT2D eigenvalue weighted by Gasteiger charge is 2.04. The van der Waals surface area contributed by atoms with Gasteiger partial charge in [0.15, 0.2) is 5.12 Å². The van der Waals surface area contributed by atoms with Crippen LogP contribution in [0.15, 0.2) is 27.1 Å². The smallest absolute Gasteiger partial charge is 0.186 e. The summed E-state index contributed by atoms with van der Waals surface area (Å²) in [5.74, 6) is 0.718. The first kappa shape index (κ1) is 11.3. The molecule has 0 radical (unpaired) electrons. The van der Waals surface area contributed by atoms with Crippen molar-refractivity contribution in [2.24, 2.45) is 0 Å². The van der Waals surface area contributed by atoms with Gasteiger partial charge in [0.1, 0.15) is 0 Å². The van der Waals surface area contributed by atoms with E-state index >= 15 is 0 Å². The summed E-state index contributed by atoms with van der Waals surface area (Å²) in [5, 5.41) is 0.145. The minimum absolute atomic E-state index is 0.145. The Morgan fingerprint density at radius 2 is 2.15 bits per heavy atom. The Bertz CT molecular complexity index is 325. The van der Waals surface area contributed by atoms with E-state index in [2.05, 4.69) is 31.9 Å². The van der Waals surface area contributed by atoms with E-state index in [9.17, 15) is 4.79 Å². The lowest BCUT2D eigenvalue weighted by atomic mass is 10.2. The summed E-state index contributed by atoms with van der Waals surface area (Å²) in [7, 11) is 0. The fourth-order valence-corrected chi connectivity index (χ4v) is 2.44. The molecular weight excluding hydrogens is 316 g/mol. The lowest BCUT2D eigenvalue weighted by Crippen LogP contribution is -1.87. The van der Waals surface area contributed by atoms with Gasteiger partial charge in [-0.3, -0.25) is 4.79 Å². The lowest BCUT2D eigenvalue weighted by molar-refractivity contribution is -0.109. The Hall–Kier alpha value is 0.200. The Morgan fingerprint density at radius 1 is 1.46 bits per heavy atom. The number of hydrogen-bond donors (Lipinski definition) is 0.